The molecule has 1 aromatic rings. The first-order valence-electron chi connectivity index (χ1n) is 6.50. The number of carbonyl (C=O) groups excluding carboxylic acids is 1. The third-order valence-electron chi connectivity index (χ3n) is 2.79. The number of aliphatic carboxylic acids is 1. The lowest BCUT2D eigenvalue weighted by Crippen LogP contribution is -2.31. The van der Waals surface area contributed by atoms with Crippen molar-refractivity contribution in [3.05, 3.63) is 28.5 Å². The van der Waals surface area contributed by atoms with E-state index in [4.69, 9.17) is 5.11 Å². The van der Waals surface area contributed by atoms with Gasteiger partial charge in [0.1, 0.15) is 5.69 Å². The fourth-order valence-electron chi connectivity index (χ4n) is 2.03. The number of carboxylic acid groups (broad SMARTS) is 1. The molecule has 0 bridgehead atoms. The summed E-state index contributed by atoms with van der Waals surface area (Å²) in [5.74, 6) is -0.822. The molecule has 6 heteroatoms. The van der Waals surface area contributed by atoms with Crippen molar-refractivity contribution in [1.82, 2.24) is 10.3 Å². The highest BCUT2D eigenvalue weighted by Crippen LogP contribution is 2.16. The number of hydrogen-bond donors (Lipinski definition) is 2. The first kappa shape index (κ1) is 16.6. The molecule has 1 amide bonds. The molecule has 0 aromatic carbocycles. The third-order valence-corrected chi connectivity index (χ3v) is 3.43. The predicted molar refractivity (Wildman–Crippen MR) is 79.5 cm³/mol. The first-order chi connectivity index (χ1) is 9.40. The Morgan fingerprint density at radius 2 is 2.15 bits per heavy atom. The third kappa shape index (κ3) is 5.69. The number of rotatable bonds is 7. The monoisotopic (exact) mass is 342 g/mol. The molecule has 0 saturated carbocycles. The van der Waals surface area contributed by atoms with Gasteiger partial charge in [0.2, 0.25) is 0 Å². The van der Waals surface area contributed by atoms with Gasteiger partial charge < -0.3 is 10.4 Å². The molecule has 2 N–H and O–H groups in total. The zero-order chi connectivity index (χ0) is 15.1. The Bertz CT molecular complexity index is 477. The number of aromatic nitrogens is 1. The van der Waals surface area contributed by atoms with E-state index in [2.05, 4.69) is 26.2 Å². The summed E-state index contributed by atoms with van der Waals surface area (Å²) in [4.78, 5) is 26.8. The van der Waals surface area contributed by atoms with Crippen LogP contribution in [0.1, 0.15) is 37.2 Å². The van der Waals surface area contributed by atoms with Crippen molar-refractivity contribution in [2.24, 2.45) is 11.8 Å². The summed E-state index contributed by atoms with van der Waals surface area (Å²) in [6, 6.07) is 3.47. The van der Waals surface area contributed by atoms with E-state index in [1.807, 2.05) is 13.8 Å². The SMILES string of the molecule is CC(C)CC(CNC(=O)c1ncccc1Br)CC(=O)O. The van der Waals surface area contributed by atoms with E-state index in [9.17, 15) is 9.59 Å². The molecule has 5 nitrogen and oxygen atoms in total. The number of halogens is 1. The first-order valence-corrected chi connectivity index (χ1v) is 7.30. The lowest BCUT2D eigenvalue weighted by atomic mass is 9.94. The Morgan fingerprint density at radius 1 is 1.45 bits per heavy atom. The van der Waals surface area contributed by atoms with Crippen molar-refractivity contribution >= 4 is 27.8 Å². The molecule has 1 aromatic heterocycles. The second kappa shape index (κ2) is 7.99. The van der Waals surface area contributed by atoms with Crippen LogP contribution in [0.5, 0.6) is 0 Å². The molecule has 0 fully saturated rings. The predicted octanol–water partition coefficient (Wildman–Crippen LogP) is 2.71. The van der Waals surface area contributed by atoms with Crippen LogP contribution in [0.15, 0.2) is 22.8 Å². The van der Waals surface area contributed by atoms with E-state index < -0.39 is 5.97 Å². The van der Waals surface area contributed by atoms with Crippen molar-refractivity contribution in [3.8, 4) is 0 Å². The number of nitrogens with zero attached hydrogens (tertiary/aromatic N) is 1. The van der Waals surface area contributed by atoms with Gasteiger partial charge in [0.25, 0.3) is 5.91 Å². The van der Waals surface area contributed by atoms with Crippen LogP contribution < -0.4 is 5.32 Å². The van der Waals surface area contributed by atoms with Crippen LogP contribution in [0.3, 0.4) is 0 Å². The highest BCUT2D eigenvalue weighted by atomic mass is 79.9. The maximum atomic E-state index is 12.0. The summed E-state index contributed by atoms with van der Waals surface area (Å²) in [6.07, 6.45) is 2.36. The maximum Gasteiger partial charge on any atom is 0.303 e. The Labute approximate surface area is 126 Å². The number of nitrogens with one attached hydrogen (secondary N) is 1. The minimum Gasteiger partial charge on any atom is -0.481 e. The minimum absolute atomic E-state index is 0.0574. The number of amides is 1. The van der Waals surface area contributed by atoms with Gasteiger partial charge >= 0.3 is 5.97 Å². The zero-order valence-electron chi connectivity index (χ0n) is 11.6. The summed E-state index contributed by atoms with van der Waals surface area (Å²) < 4.78 is 0.621. The standard InChI is InChI=1S/C14H19BrN2O3/c1-9(2)6-10(7-12(18)19)8-17-14(20)13-11(15)4-3-5-16-13/h3-5,9-10H,6-8H2,1-2H3,(H,17,20)(H,18,19). The van der Waals surface area contributed by atoms with Gasteiger partial charge in [-0.1, -0.05) is 13.8 Å². The summed E-state index contributed by atoms with van der Waals surface area (Å²) in [6.45, 7) is 4.41. The molecule has 0 spiro atoms. The molecule has 1 atom stereocenters. The molecule has 1 heterocycles. The zero-order valence-corrected chi connectivity index (χ0v) is 13.2. The molecular formula is C14H19BrN2O3. The molecule has 20 heavy (non-hydrogen) atoms. The second-order valence-electron chi connectivity index (χ2n) is 5.14. The number of carboxylic acids is 1. The highest BCUT2D eigenvalue weighted by Gasteiger charge is 2.17. The second-order valence-corrected chi connectivity index (χ2v) is 5.99. The molecule has 0 radical (unpaired) electrons. The number of pyridine rings is 1. The summed E-state index contributed by atoms with van der Waals surface area (Å²) in [7, 11) is 0. The van der Waals surface area contributed by atoms with E-state index >= 15 is 0 Å². The van der Waals surface area contributed by atoms with E-state index in [-0.39, 0.29) is 18.2 Å². The quantitative estimate of drug-likeness (QED) is 0.798. The molecule has 0 aliphatic heterocycles. The van der Waals surface area contributed by atoms with Gasteiger partial charge in [-0.3, -0.25) is 9.59 Å². The Balaban J connectivity index is 2.60. The molecule has 0 aliphatic carbocycles. The average molecular weight is 343 g/mol. The Kier molecular flexibility index (Phi) is 6.64. The molecule has 110 valence electrons. The summed E-state index contributed by atoms with van der Waals surface area (Å²) in [5, 5.41) is 11.6. The van der Waals surface area contributed by atoms with Crippen LogP contribution in [0.4, 0.5) is 0 Å². The van der Waals surface area contributed by atoms with Crippen LogP contribution in [0.2, 0.25) is 0 Å². The van der Waals surface area contributed by atoms with E-state index in [1.165, 1.54) is 0 Å². The summed E-state index contributed by atoms with van der Waals surface area (Å²) >= 11 is 3.27. The van der Waals surface area contributed by atoms with Gasteiger partial charge in [0.15, 0.2) is 0 Å². The topological polar surface area (TPSA) is 79.3 Å². The van der Waals surface area contributed by atoms with Gasteiger partial charge in [-0.15, -0.1) is 0 Å². The molecule has 0 aliphatic rings. The van der Waals surface area contributed by atoms with Gasteiger partial charge in [-0.25, -0.2) is 4.98 Å². The minimum atomic E-state index is -0.844. The average Bonchev–Trinajstić information content (AvgIpc) is 2.34. The number of carbonyl (C=O) groups is 2. The summed E-state index contributed by atoms with van der Waals surface area (Å²) in [5.41, 5.74) is 0.311. The van der Waals surface area contributed by atoms with Gasteiger partial charge in [0.05, 0.1) is 0 Å². The molecule has 1 rings (SSSR count). The van der Waals surface area contributed by atoms with Crippen LogP contribution in [0.25, 0.3) is 0 Å². The normalized spacial score (nSPS) is 12.2. The smallest absolute Gasteiger partial charge is 0.303 e. The van der Waals surface area contributed by atoms with Crippen molar-refractivity contribution in [1.29, 1.82) is 0 Å². The van der Waals surface area contributed by atoms with Crippen molar-refractivity contribution in [3.63, 3.8) is 0 Å². The fraction of sp³-hybridized carbons (Fsp3) is 0.500. The molecular weight excluding hydrogens is 324 g/mol. The Morgan fingerprint density at radius 3 is 2.70 bits per heavy atom. The Hall–Kier alpha value is -1.43. The van der Waals surface area contributed by atoms with Crippen molar-refractivity contribution in [2.45, 2.75) is 26.7 Å². The molecule has 1 unspecified atom stereocenters. The van der Waals surface area contributed by atoms with E-state index in [0.29, 0.717) is 22.6 Å². The van der Waals surface area contributed by atoms with E-state index in [0.717, 1.165) is 6.42 Å². The lowest BCUT2D eigenvalue weighted by Gasteiger charge is -2.17. The largest absolute Gasteiger partial charge is 0.481 e. The fourth-order valence-corrected chi connectivity index (χ4v) is 2.46. The number of hydrogen-bond acceptors (Lipinski definition) is 3. The molecule has 0 saturated heterocycles. The van der Waals surface area contributed by atoms with Crippen molar-refractivity contribution < 1.29 is 14.7 Å². The van der Waals surface area contributed by atoms with Crippen LogP contribution in [-0.4, -0.2) is 28.5 Å². The van der Waals surface area contributed by atoms with Crippen LogP contribution >= 0.6 is 15.9 Å². The maximum absolute atomic E-state index is 12.0. The lowest BCUT2D eigenvalue weighted by molar-refractivity contribution is -0.138. The van der Waals surface area contributed by atoms with Gasteiger partial charge in [-0.2, -0.15) is 0 Å². The van der Waals surface area contributed by atoms with Crippen molar-refractivity contribution in [2.75, 3.05) is 6.54 Å². The highest BCUT2D eigenvalue weighted by molar-refractivity contribution is 9.10. The van der Waals surface area contributed by atoms with E-state index in [1.54, 1.807) is 18.3 Å². The van der Waals surface area contributed by atoms with Gasteiger partial charge in [0, 0.05) is 23.6 Å². The van der Waals surface area contributed by atoms with Gasteiger partial charge in [-0.05, 0) is 46.3 Å². The van der Waals surface area contributed by atoms with Crippen LogP contribution in [-0.2, 0) is 4.79 Å². The van der Waals surface area contributed by atoms with Crippen LogP contribution in [0, 0.1) is 11.8 Å².